The topological polar surface area (TPSA) is 47.6 Å². The number of benzene rings is 1. The summed E-state index contributed by atoms with van der Waals surface area (Å²) in [4.78, 5) is 15.6. The van der Waals surface area contributed by atoms with E-state index in [9.17, 15) is 9.18 Å². The summed E-state index contributed by atoms with van der Waals surface area (Å²) in [7, 11) is 0. The van der Waals surface area contributed by atoms with Gasteiger partial charge in [0.15, 0.2) is 0 Å². The molecule has 116 valence electrons. The Labute approximate surface area is 125 Å². The van der Waals surface area contributed by atoms with Gasteiger partial charge in [0.05, 0.1) is 5.69 Å². The molecule has 0 spiro atoms. The van der Waals surface area contributed by atoms with E-state index in [1.165, 1.54) is 6.07 Å². The lowest BCUT2D eigenvalue weighted by Crippen LogP contribution is -2.49. The predicted molar refractivity (Wildman–Crippen MR) is 82.1 cm³/mol. The molecule has 1 saturated heterocycles. The Morgan fingerprint density at radius 1 is 1.19 bits per heavy atom. The number of rotatable bonds is 5. The van der Waals surface area contributed by atoms with Crippen LogP contribution in [0.15, 0.2) is 24.3 Å². The van der Waals surface area contributed by atoms with Crippen molar-refractivity contribution in [2.75, 3.05) is 50.7 Å². The van der Waals surface area contributed by atoms with Gasteiger partial charge in [0.1, 0.15) is 5.82 Å². The standard InChI is InChI=1S/C15H23FN4O/c1-2-17-15(21)18-7-8-19-9-11-20(12-10-19)14-6-4-3-5-13(14)16/h3-6H,2,7-12H2,1H3,(H2,17,18,21). The predicted octanol–water partition coefficient (Wildman–Crippen LogP) is 1.27. The minimum atomic E-state index is -0.163. The third-order valence-corrected chi connectivity index (χ3v) is 3.62. The van der Waals surface area contributed by atoms with Crippen LogP contribution in [-0.2, 0) is 0 Å². The SMILES string of the molecule is CCNC(=O)NCCN1CCN(c2ccccc2F)CC1. The fraction of sp³-hybridized carbons (Fsp3) is 0.533. The second kappa shape index (κ2) is 7.83. The van der Waals surface area contributed by atoms with Gasteiger partial charge in [-0.3, -0.25) is 4.90 Å². The largest absolute Gasteiger partial charge is 0.367 e. The van der Waals surface area contributed by atoms with Crippen molar-refractivity contribution >= 4 is 11.7 Å². The maximum atomic E-state index is 13.7. The number of nitrogens with one attached hydrogen (secondary N) is 2. The van der Waals surface area contributed by atoms with Gasteiger partial charge in [-0.05, 0) is 19.1 Å². The molecule has 6 heteroatoms. The summed E-state index contributed by atoms with van der Waals surface area (Å²) < 4.78 is 13.7. The minimum absolute atomic E-state index is 0.123. The first kappa shape index (κ1) is 15.6. The van der Waals surface area contributed by atoms with Gasteiger partial charge in [-0.25, -0.2) is 9.18 Å². The normalized spacial score (nSPS) is 15.8. The quantitative estimate of drug-likeness (QED) is 0.860. The molecule has 0 aromatic heterocycles. The lowest BCUT2D eigenvalue weighted by Gasteiger charge is -2.36. The number of amides is 2. The maximum absolute atomic E-state index is 13.7. The maximum Gasteiger partial charge on any atom is 0.314 e. The second-order valence-corrected chi connectivity index (χ2v) is 5.07. The van der Waals surface area contributed by atoms with Crippen LogP contribution in [0.2, 0.25) is 0 Å². The van der Waals surface area contributed by atoms with Gasteiger partial charge in [0.2, 0.25) is 0 Å². The zero-order valence-electron chi connectivity index (χ0n) is 12.4. The van der Waals surface area contributed by atoms with E-state index < -0.39 is 0 Å². The molecular weight excluding hydrogens is 271 g/mol. The molecule has 0 atom stereocenters. The van der Waals surface area contributed by atoms with Gasteiger partial charge in [-0.15, -0.1) is 0 Å². The molecule has 0 unspecified atom stereocenters. The van der Waals surface area contributed by atoms with E-state index in [0.717, 1.165) is 32.7 Å². The first-order valence-corrected chi connectivity index (χ1v) is 7.44. The van der Waals surface area contributed by atoms with Crippen molar-refractivity contribution < 1.29 is 9.18 Å². The molecule has 1 aromatic carbocycles. The summed E-state index contributed by atoms with van der Waals surface area (Å²) in [6.45, 7) is 7.35. The minimum Gasteiger partial charge on any atom is -0.367 e. The molecule has 0 saturated carbocycles. The first-order chi connectivity index (χ1) is 10.2. The van der Waals surface area contributed by atoms with Crippen LogP contribution < -0.4 is 15.5 Å². The fourth-order valence-corrected chi connectivity index (χ4v) is 2.47. The average Bonchev–Trinajstić information content (AvgIpc) is 2.49. The Balaban J connectivity index is 1.71. The molecule has 2 amide bonds. The zero-order chi connectivity index (χ0) is 15.1. The van der Waals surface area contributed by atoms with E-state index in [2.05, 4.69) is 20.4 Å². The number of anilines is 1. The average molecular weight is 294 g/mol. The van der Waals surface area contributed by atoms with E-state index in [1.54, 1.807) is 6.07 Å². The number of piperazine rings is 1. The van der Waals surface area contributed by atoms with E-state index in [1.807, 2.05) is 19.1 Å². The fourth-order valence-electron chi connectivity index (χ4n) is 2.47. The first-order valence-electron chi connectivity index (χ1n) is 7.44. The van der Waals surface area contributed by atoms with Crippen LogP contribution in [0, 0.1) is 5.82 Å². The Hall–Kier alpha value is -1.82. The molecule has 1 aromatic rings. The third kappa shape index (κ3) is 4.60. The van der Waals surface area contributed by atoms with Crippen LogP contribution in [0.1, 0.15) is 6.92 Å². The molecule has 1 fully saturated rings. The van der Waals surface area contributed by atoms with Gasteiger partial charge in [0, 0.05) is 45.8 Å². The summed E-state index contributed by atoms with van der Waals surface area (Å²) >= 11 is 0. The number of urea groups is 1. The third-order valence-electron chi connectivity index (χ3n) is 3.62. The van der Waals surface area contributed by atoms with Crippen molar-refractivity contribution in [3.05, 3.63) is 30.1 Å². The Morgan fingerprint density at radius 2 is 1.90 bits per heavy atom. The summed E-state index contributed by atoms with van der Waals surface area (Å²) in [5.41, 5.74) is 0.678. The highest BCUT2D eigenvalue weighted by molar-refractivity contribution is 5.73. The van der Waals surface area contributed by atoms with E-state index >= 15 is 0 Å². The van der Waals surface area contributed by atoms with Gasteiger partial charge < -0.3 is 15.5 Å². The molecule has 0 bridgehead atoms. The van der Waals surface area contributed by atoms with Crippen LogP contribution in [0.5, 0.6) is 0 Å². The number of hydrogen-bond acceptors (Lipinski definition) is 3. The molecule has 0 radical (unpaired) electrons. The summed E-state index contributed by atoms with van der Waals surface area (Å²) in [5.74, 6) is -0.163. The van der Waals surface area contributed by atoms with Crippen LogP contribution in [0.25, 0.3) is 0 Å². The van der Waals surface area contributed by atoms with E-state index in [0.29, 0.717) is 18.8 Å². The van der Waals surface area contributed by atoms with Crippen LogP contribution >= 0.6 is 0 Å². The molecule has 1 aliphatic heterocycles. The van der Waals surface area contributed by atoms with Crippen LogP contribution in [0.4, 0.5) is 14.9 Å². The Kier molecular flexibility index (Phi) is 5.80. The smallest absolute Gasteiger partial charge is 0.314 e. The lowest BCUT2D eigenvalue weighted by molar-refractivity contribution is 0.232. The summed E-state index contributed by atoms with van der Waals surface area (Å²) in [6, 6.07) is 6.77. The van der Waals surface area contributed by atoms with Gasteiger partial charge in [0.25, 0.3) is 0 Å². The van der Waals surface area contributed by atoms with Gasteiger partial charge >= 0.3 is 6.03 Å². The number of para-hydroxylation sites is 1. The van der Waals surface area contributed by atoms with Gasteiger partial charge in [-0.2, -0.15) is 0 Å². The highest BCUT2D eigenvalue weighted by Crippen LogP contribution is 2.19. The molecule has 2 N–H and O–H groups in total. The molecule has 5 nitrogen and oxygen atoms in total. The van der Waals surface area contributed by atoms with Crippen LogP contribution in [0.3, 0.4) is 0 Å². The Bertz CT molecular complexity index is 461. The molecule has 21 heavy (non-hydrogen) atoms. The molecular formula is C15H23FN4O. The monoisotopic (exact) mass is 294 g/mol. The van der Waals surface area contributed by atoms with Crippen LogP contribution in [-0.4, -0.2) is 56.7 Å². The number of carbonyl (C=O) groups is 1. The molecule has 2 rings (SSSR count). The number of carbonyl (C=O) groups excluding carboxylic acids is 1. The number of hydrogen-bond donors (Lipinski definition) is 2. The zero-order valence-corrected chi connectivity index (χ0v) is 12.4. The number of halogens is 1. The van der Waals surface area contributed by atoms with Gasteiger partial charge in [-0.1, -0.05) is 12.1 Å². The van der Waals surface area contributed by atoms with E-state index in [4.69, 9.17) is 0 Å². The van der Waals surface area contributed by atoms with Crippen molar-refractivity contribution in [2.45, 2.75) is 6.92 Å². The number of nitrogens with zero attached hydrogens (tertiary/aromatic N) is 2. The van der Waals surface area contributed by atoms with Crippen molar-refractivity contribution in [3.8, 4) is 0 Å². The lowest BCUT2D eigenvalue weighted by atomic mass is 10.2. The van der Waals surface area contributed by atoms with Crippen molar-refractivity contribution in [1.82, 2.24) is 15.5 Å². The summed E-state index contributed by atoms with van der Waals surface area (Å²) in [6.07, 6.45) is 0. The molecule has 1 heterocycles. The molecule has 1 aliphatic rings. The van der Waals surface area contributed by atoms with Crippen molar-refractivity contribution in [2.24, 2.45) is 0 Å². The van der Waals surface area contributed by atoms with Crippen molar-refractivity contribution in [1.29, 1.82) is 0 Å². The highest BCUT2D eigenvalue weighted by atomic mass is 19.1. The van der Waals surface area contributed by atoms with E-state index in [-0.39, 0.29) is 11.8 Å². The molecule has 0 aliphatic carbocycles. The van der Waals surface area contributed by atoms with Crippen molar-refractivity contribution in [3.63, 3.8) is 0 Å². The highest BCUT2D eigenvalue weighted by Gasteiger charge is 2.18. The Morgan fingerprint density at radius 3 is 2.57 bits per heavy atom. The summed E-state index contributed by atoms with van der Waals surface area (Å²) in [5, 5.41) is 5.52. The second-order valence-electron chi connectivity index (χ2n) is 5.07.